The van der Waals surface area contributed by atoms with Crippen molar-refractivity contribution >= 4 is 32.6 Å². The zero-order chi connectivity index (χ0) is 16.5. The molecule has 1 unspecified atom stereocenters. The van der Waals surface area contributed by atoms with Gasteiger partial charge in [-0.1, -0.05) is 46.3 Å². The predicted molar refractivity (Wildman–Crippen MR) is 98.4 cm³/mol. The second kappa shape index (κ2) is 6.29. The number of carbonyl (C=O) groups is 1. The summed E-state index contributed by atoms with van der Waals surface area (Å²) in [5.74, 6) is 0.784. The highest BCUT2D eigenvalue weighted by atomic mass is 79.9. The molecule has 1 atom stereocenters. The number of nitrogens with one attached hydrogen (secondary N) is 1. The molecule has 0 spiro atoms. The number of halogens is 1. The van der Waals surface area contributed by atoms with Crippen LogP contribution in [-0.2, 0) is 0 Å². The lowest BCUT2D eigenvalue weighted by Gasteiger charge is -2.27. The molecule has 1 amide bonds. The Hall–Kier alpha value is -2.33. The molecule has 0 fully saturated rings. The van der Waals surface area contributed by atoms with Crippen LogP contribution in [0.5, 0.6) is 5.75 Å². The van der Waals surface area contributed by atoms with Gasteiger partial charge in [0.1, 0.15) is 5.75 Å². The number of amides is 1. The van der Waals surface area contributed by atoms with Crippen molar-refractivity contribution < 1.29 is 9.53 Å². The van der Waals surface area contributed by atoms with E-state index in [-0.39, 0.29) is 11.9 Å². The Bertz CT molecular complexity index is 922. The Morgan fingerprint density at radius 1 is 1.04 bits per heavy atom. The van der Waals surface area contributed by atoms with Gasteiger partial charge in [0.2, 0.25) is 0 Å². The first-order valence-electron chi connectivity index (χ1n) is 7.92. The molecule has 1 heterocycles. The molecule has 0 bridgehead atoms. The van der Waals surface area contributed by atoms with Crippen LogP contribution in [-0.4, -0.2) is 12.5 Å². The van der Waals surface area contributed by atoms with Crippen molar-refractivity contribution in [2.45, 2.75) is 12.5 Å². The number of hydrogen-bond acceptors (Lipinski definition) is 2. The fraction of sp³-hybridized carbons (Fsp3) is 0.150. The van der Waals surface area contributed by atoms with Gasteiger partial charge in [0.15, 0.2) is 0 Å². The summed E-state index contributed by atoms with van der Waals surface area (Å²) in [6.07, 6.45) is 0.767. The van der Waals surface area contributed by atoms with Crippen molar-refractivity contribution in [1.29, 1.82) is 0 Å². The van der Waals surface area contributed by atoms with Gasteiger partial charge in [-0.15, -0.1) is 0 Å². The minimum absolute atomic E-state index is 0.0368. The molecule has 3 aromatic carbocycles. The molecule has 1 N–H and O–H groups in total. The standard InChI is InChI=1S/C20H16BrNO2/c21-16-7-8-19-17(12-16)18(9-10-24-19)22-20(23)15-6-5-13-3-1-2-4-14(13)11-15/h1-8,11-12,18H,9-10H2,(H,22,23). The van der Waals surface area contributed by atoms with Crippen LogP contribution >= 0.6 is 15.9 Å². The molecule has 0 saturated heterocycles. The lowest BCUT2D eigenvalue weighted by atomic mass is 9.99. The van der Waals surface area contributed by atoms with Crippen LogP contribution in [0, 0.1) is 0 Å². The van der Waals surface area contributed by atoms with E-state index in [1.165, 1.54) is 0 Å². The molecule has 0 aromatic heterocycles. The monoisotopic (exact) mass is 381 g/mol. The van der Waals surface area contributed by atoms with Gasteiger partial charge in [-0.2, -0.15) is 0 Å². The minimum Gasteiger partial charge on any atom is -0.493 e. The van der Waals surface area contributed by atoms with Gasteiger partial charge in [0.05, 0.1) is 12.6 Å². The van der Waals surface area contributed by atoms with Crippen LogP contribution in [0.2, 0.25) is 0 Å². The smallest absolute Gasteiger partial charge is 0.251 e. The number of rotatable bonds is 2. The maximum absolute atomic E-state index is 12.7. The molecule has 24 heavy (non-hydrogen) atoms. The summed E-state index contributed by atoms with van der Waals surface area (Å²) in [5.41, 5.74) is 1.70. The first kappa shape index (κ1) is 15.2. The quantitative estimate of drug-likeness (QED) is 0.688. The summed E-state index contributed by atoms with van der Waals surface area (Å²) in [6, 6.07) is 19.7. The normalized spacial score (nSPS) is 16.3. The highest BCUT2D eigenvalue weighted by Crippen LogP contribution is 2.34. The highest BCUT2D eigenvalue weighted by molar-refractivity contribution is 9.10. The average molecular weight is 382 g/mol. The number of benzene rings is 3. The fourth-order valence-electron chi connectivity index (χ4n) is 3.09. The number of fused-ring (bicyclic) bond motifs is 2. The number of ether oxygens (including phenoxy) is 1. The Morgan fingerprint density at radius 2 is 1.88 bits per heavy atom. The first-order valence-corrected chi connectivity index (χ1v) is 8.72. The van der Waals surface area contributed by atoms with Gasteiger partial charge in [0.25, 0.3) is 5.91 Å². The summed E-state index contributed by atoms with van der Waals surface area (Å²) in [7, 11) is 0. The van der Waals surface area contributed by atoms with Crippen molar-refractivity contribution in [2.75, 3.05) is 6.61 Å². The van der Waals surface area contributed by atoms with Crippen molar-refractivity contribution in [3.05, 3.63) is 76.3 Å². The number of carbonyl (C=O) groups excluding carboxylic acids is 1. The van der Waals surface area contributed by atoms with Crippen LogP contribution in [0.3, 0.4) is 0 Å². The topological polar surface area (TPSA) is 38.3 Å². The van der Waals surface area contributed by atoms with Gasteiger partial charge in [0, 0.05) is 22.0 Å². The Balaban J connectivity index is 1.61. The van der Waals surface area contributed by atoms with E-state index in [0.717, 1.165) is 33.0 Å². The average Bonchev–Trinajstić information content (AvgIpc) is 2.62. The van der Waals surface area contributed by atoms with E-state index in [2.05, 4.69) is 21.2 Å². The molecule has 0 aliphatic carbocycles. The number of hydrogen-bond donors (Lipinski definition) is 1. The molecular weight excluding hydrogens is 366 g/mol. The van der Waals surface area contributed by atoms with Gasteiger partial charge in [-0.3, -0.25) is 4.79 Å². The van der Waals surface area contributed by atoms with Gasteiger partial charge in [-0.05, 0) is 41.1 Å². The third-order valence-corrected chi connectivity index (χ3v) is 4.82. The third kappa shape index (κ3) is 2.89. The van der Waals surface area contributed by atoms with Gasteiger partial charge < -0.3 is 10.1 Å². The van der Waals surface area contributed by atoms with Crippen LogP contribution < -0.4 is 10.1 Å². The van der Waals surface area contributed by atoms with E-state index in [9.17, 15) is 4.79 Å². The van der Waals surface area contributed by atoms with E-state index in [4.69, 9.17) is 4.74 Å². The van der Waals surface area contributed by atoms with Crippen molar-refractivity contribution in [3.63, 3.8) is 0 Å². The predicted octanol–water partition coefficient (Wildman–Crippen LogP) is 4.86. The summed E-state index contributed by atoms with van der Waals surface area (Å²) >= 11 is 3.49. The maximum Gasteiger partial charge on any atom is 0.251 e. The molecule has 120 valence electrons. The molecule has 3 aromatic rings. The molecule has 4 rings (SSSR count). The van der Waals surface area contributed by atoms with Crippen molar-refractivity contribution in [2.24, 2.45) is 0 Å². The van der Waals surface area contributed by atoms with Crippen LogP contribution in [0.1, 0.15) is 28.4 Å². The SMILES string of the molecule is O=C(NC1CCOc2ccc(Br)cc21)c1ccc2ccccc2c1. The second-order valence-corrected chi connectivity index (χ2v) is 6.82. The molecule has 0 radical (unpaired) electrons. The molecular formula is C20H16BrNO2. The van der Waals surface area contributed by atoms with Gasteiger partial charge in [-0.25, -0.2) is 0 Å². The van der Waals surface area contributed by atoms with E-state index in [1.807, 2.05) is 60.7 Å². The highest BCUT2D eigenvalue weighted by Gasteiger charge is 2.23. The Morgan fingerprint density at radius 3 is 2.75 bits per heavy atom. The first-order chi connectivity index (χ1) is 11.7. The van der Waals surface area contributed by atoms with Crippen molar-refractivity contribution in [3.8, 4) is 5.75 Å². The molecule has 1 aliphatic rings. The molecule has 3 nitrogen and oxygen atoms in total. The Kier molecular flexibility index (Phi) is 3.98. The lowest BCUT2D eigenvalue weighted by molar-refractivity contribution is 0.0925. The lowest BCUT2D eigenvalue weighted by Crippen LogP contribution is -2.32. The molecule has 1 aliphatic heterocycles. The van der Waals surface area contributed by atoms with E-state index in [0.29, 0.717) is 12.2 Å². The third-order valence-electron chi connectivity index (χ3n) is 4.33. The zero-order valence-electron chi connectivity index (χ0n) is 13.0. The fourth-order valence-corrected chi connectivity index (χ4v) is 3.47. The van der Waals surface area contributed by atoms with E-state index in [1.54, 1.807) is 0 Å². The zero-order valence-corrected chi connectivity index (χ0v) is 14.5. The van der Waals surface area contributed by atoms with Crippen LogP contribution in [0.15, 0.2) is 65.1 Å². The second-order valence-electron chi connectivity index (χ2n) is 5.91. The molecule has 4 heteroatoms. The van der Waals surface area contributed by atoms with Crippen LogP contribution in [0.25, 0.3) is 10.8 Å². The Labute approximate surface area is 148 Å². The van der Waals surface area contributed by atoms with E-state index < -0.39 is 0 Å². The van der Waals surface area contributed by atoms with E-state index >= 15 is 0 Å². The molecule has 0 saturated carbocycles. The van der Waals surface area contributed by atoms with Crippen LogP contribution in [0.4, 0.5) is 0 Å². The summed E-state index contributed by atoms with van der Waals surface area (Å²) in [5, 5.41) is 5.35. The summed E-state index contributed by atoms with van der Waals surface area (Å²) < 4.78 is 6.66. The van der Waals surface area contributed by atoms with Crippen molar-refractivity contribution in [1.82, 2.24) is 5.32 Å². The maximum atomic E-state index is 12.7. The largest absolute Gasteiger partial charge is 0.493 e. The summed E-state index contributed by atoms with van der Waals surface area (Å²) in [4.78, 5) is 12.7. The minimum atomic E-state index is -0.0569. The summed E-state index contributed by atoms with van der Waals surface area (Å²) in [6.45, 7) is 0.608. The van der Waals surface area contributed by atoms with Gasteiger partial charge >= 0.3 is 0 Å².